The SMILES string of the molecule is CC(C)(c1ccc(Oc2ccccc2)c(C(=O)O)c1C(=O)O)c1ccc(Oc2ccccc2)c(C(=O)O)c1C(=O)O. The zero-order chi connectivity index (χ0) is 29.9. The molecule has 0 aromatic heterocycles. The first kappa shape index (κ1) is 28.4. The molecular weight excluding hydrogens is 532 g/mol. The quantitative estimate of drug-likeness (QED) is 0.172. The van der Waals surface area contributed by atoms with Gasteiger partial charge >= 0.3 is 23.9 Å². The minimum Gasteiger partial charge on any atom is -0.478 e. The highest BCUT2D eigenvalue weighted by molar-refractivity contribution is 6.07. The normalized spacial score (nSPS) is 11.0. The second-order valence-corrected chi connectivity index (χ2v) is 9.40. The van der Waals surface area contributed by atoms with Crippen LogP contribution in [0.2, 0.25) is 0 Å². The summed E-state index contributed by atoms with van der Waals surface area (Å²) in [5, 5.41) is 40.4. The summed E-state index contributed by atoms with van der Waals surface area (Å²) in [7, 11) is 0. The number of para-hydroxylation sites is 2. The van der Waals surface area contributed by atoms with E-state index in [9.17, 15) is 39.6 Å². The van der Waals surface area contributed by atoms with Crippen molar-refractivity contribution in [2.24, 2.45) is 0 Å². The molecule has 0 heterocycles. The van der Waals surface area contributed by atoms with Crippen molar-refractivity contribution < 1.29 is 49.1 Å². The molecule has 0 radical (unpaired) electrons. The Morgan fingerprint density at radius 2 is 0.805 bits per heavy atom. The van der Waals surface area contributed by atoms with Crippen molar-refractivity contribution >= 4 is 23.9 Å². The first-order valence-electron chi connectivity index (χ1n) is 12.2. The van der Waals surface area contributed by atoms with E-state index < -0.39 is 51.5 Å². The van der Waals surface area contributed by atoms with Crippen molar-refractivity contribution in [3.8, 4) is 23.0 Å². The number of ether oxygens (including phenoxy) is 2. The first-order chi connectivity index (χ1) is 19.4. The highest BCUT2D eigenvalue weighted by Crippen LogP contribution is 2.42. The van der Waals surface area contributed by atoms with Crippen molar-refractivity contribution in [1.82, 2.24) is 0 Å². The predicted octanol–water partition coefficient (Wildman–Crippen LogP) is 6.39. The fourth-order valence-corrected chi connectivity index (χ4v) is 4.62. The van der Waals surface area contributed by atoms with Crippen LogP contribution in [-0.4, -0.2) is 44.3 Å². The van der Waals surface area contributed by atoms with Crippen molar-refractivity contribution in [2.75, 3.05) is 0 Å². The maximum Gasteiger partial charge on any atom is 0.340 e. The van der Waals surface area contributed by atoms with E-state index in [1.54, 1.807) is 60.7 Å². The molecule has 208 valence electrons. The van der Waals surface area contributed by atoms with Gasteiger partial charge < -0.3 is 29.9 Å². The Kier molecular flexibility index (Phi) is 7.77. The largest absolute Gasteiger partial charge is 0.478 e. The third kappa shape index (κ3) is 5.57. The number of carbonyl (C=O) groups is 4. The summed E-state index contributed by atoms with van der Waals surface area (Å²) in [5.41, 5.74) is -4.22. The summed E-state index contributed by atoms with van der Waals surface area (Å²) < 4.78 is 11.4. The first-order valence-corrected chi connectivity index (χ1v) is 12.2. The molecule has 0 aliphatic rings. The maximum absolute atomic E-state index is 12.5. The summed E-state index contributed by atoms with van der Waals surface area (Å²) in [5.74, 6) is -6.29. The van der Waals surface area contributed by atoms with Gasteiger partial charge in [-0.3, -0.25) is 0 Å². The van der Waals surface area contributed by atoms with Gasteiger partial charge in [0.25, 0.3) is 0 Å². The lowest BCUT2D eigenvalue weighted by Gasteiger charge is -2.31. The molecule has 0 saturated carbocycles. The predicted molar refractivity (Wildman–Crippen MR) is 146 cm³/mol. The van der Waals surface area contributed by atoms with Crippen LogP contribution in [0, 0.1) is 0 Å². The van der Waals surface area contributed by atoms with Gasteiger partial charge in [0.15, 0.2) is 0 Å². The zero-order valence-corrected chi connectivity index (χ0v) is 21.8. The van der Waals surface area contributed by atoms with E-state index in [-0.39, 0.29) is 34.1 Å². The van der Waals surface area contributed by atoms with Gasteiger partial charge in [-0.25, -0.2) is 19.2 Å². The maximum atomic E-state index is 12.5. The number of rotatable bonds is 10. The third-order valence-corrected chi connectivity index (χ3v) is 6.48. The third-order valence-electron chi connectivity index (χ3n) is 6.48. The molecule has 0 saturated heterocycles. The van der Waals surface area contributed by atoms with E-state index in [0.717, 1.165) is 0 Å². The van der Waals surface area contributed by atoms with Crippen LogP contribution >= 0.6 is 0 Å². The van der Waals surface area contributed by atoms with Gasteiger partial charge in [0, 0.05) is 5.41 Å². The molecule has 41 heavy (non-hydrogen) atoms. The van der Waals surface area contributed by atoms with E-state index in [2.05, 4.69) is 0 Å². The van der Waals surface area contributed by atoms with E-state index in [1.165, 1.54) is 38.1 Å². The lowest BCUT2D eigenvalue weighted by atomic mass is 9.72. The van der Waals surface area contributed by atoms with Crippen LogP contribution in [-0.2, 0) is 5.41 Å². The van der Waals surface area contributed by atoms with Crippen LogP contribution in [0.5, 0.6) is 23.0 Å². The minimum atomic E-state index is -1.59. The number of hydrogen-bond acceptors (Lipinski definition) is 6. The fourth-order valence-electron chi connectivity index (χ4n) is 4.62. The summed E-state index contributed by atoms with van der Waals surface area (Å²) in [6, 6.07) is 21.6. The summed E-state index contributed by atoms with van der Waals surface area (Å²) in [6.45, 7) is 2.95. The molecular formula is C31H24O10. The van der Waals surface area contributed by atoms with E-state index in [4.69, 9.17) is 9.47 Å². The standard InChI is InChI=1S/C31H24O10/c1-31(2,19-13-15-21(40-17-9-5-3-6-10-17)25(29(36)37)23(19)27(32)33)20-14-16-22(41-18-11-7-4-8-12-18)26(30(38)39)24(20)28(34)35/h3-16H,1-2H3,(H,32,33)(H,34,35)(H,36,37)(H,38,39). The fraction of sp³-hybridized carbons (Fsp3) is 0.0968. The van der Waals surface area contributed by atoms with Crippen molar-refractivity contribution in [3.05, 3.63) is 118 Å². The molecule has 0 bridgehead atoms. The molecule has 4 aromatic rings. The number of benzene rings is 4. The summed E-state index contributed by atoms with van der Waals surface area (Å²) >= 11 is 0. The topological polar surface area (TPSA) is 168 Å². The minimum absolute atomic E-state index is 0.0709. The van der Waals surface area contributed by atoms with Gasteiger partial charge in [-0.2, -0.15) is 0 Å². The zero-order valence-electron chi connectivity index (χ0n) is 21.8. The Hall–Kier alpha value is -5.64. The van der Waals surface area contributed by atoms with E-state index >= 15 is 0 Å². The lowest BCUT2D eigenvalue weighted by molar-refractivity contribution is 0.0644. The van der Waals surface area contributed by atoms with Crippen LogP contribution in [0.1, 0.15) is 66.4 Å². The number of hydrogen-bond donors (Lipinski definition) is 4. The number of aromatic carboxylic acids is 4. The van der Waals surface area contributed by atoms with Crippen LogP contribution in [0.25, 0.3) is 0 Å². The van der Waals surface area contributed by atoms with E-state index in [0.29, 0.717) is 0 Å². The summed E-state index contributed by atoms with van der Waals surface area (Å²) in [6.07, 6.45) is 0. The van der Waals surface area contributed by atoms with Gasteiger partial charge in [-0.05, 0) is 47.5 Å². The Morgan fingerprint density at radius 3 is 1.10 bits per heavy atom. The lowest BCUT2D eigenvalue weighted by Crippen LogP contribution is -2.28. The average Bonchev–Trinajstić information content (AvgIpc) is 2.93. The van der Waals surface area contributed by atoms with E-state index in [1.807, 2.05) is 0 Å². The Balaban J connectivity index is 1.95. The molecule has 4 rings (SSSR count). The van der Waals surface area contributed by atoms with Crippen LogP contribution in [0.3, 0.4) is 0 Å². The second kappa shape index (κ2) is 11.2. The van der Waals surface area contributed by atoms with Crippen LogP contribution in [0.15, 0.2) is 84.9 Å². The monoisotopic (exact) mass is 556 g/mol. The van der Waals surface area contributed by atoms with Gasteiger partial charge in [0.2, 0.25) is 0 Å². The molecule has 0 atom stereocenters. The molecule has 4 N–H and O–H groups in total. The van der Waals surface area contributed by atoms with Crippen molar-refractivity contribution in [3.63, 3.8) is 0 Å². The van der Waals surface area contributed by atoms with Gasteiger partial charge in [-0.1, -0.05) is 62.4 Å². The van der Waals surface area contributed by atoms with Gasteiger partial charge in [0.05, 0.1) is 11.1 Å². The smallest absolute Gasteiger partial charge is 0.340 e. The molecule has 0 fully saturated rings. The van der Waals surface area contributed by atoms with Crippen LogP contribution in [0.4, 0.5) is 0 Å². The van der Waals surface area contributed by atoms with Crippen molar-refractivity contribution in [1.29, 1.82) is 0 Å². The molecule has 0 aliphatic carbocycles. The second-order valence-electron chi connectivity index (χ2n) is 9.40. The Labute approximate surface area is 233 Å². The molecule has 10 heteroatoms. The highest BCUT2D eigenvalue weighted by Gasteiger charge is 2.38. The van der Waals surface area contributed by atoms with Gasteiger partial charge in [0.1, 0.15) is 34.1 Å². The molecule has 0 amide bonds. The summed E-state index contributed by atoms with van der Waals surface area (Å²) in [4.78, 5) is 49.8. The molecule has 0 aliphatic heterocycles. The molecule has 4 aromatic carbocycles. The van der Waals surface area contributed by atoms with Gasteiger partial charge in [-0.15, -0.1) is 0 Å². The molecule has 10 nitrogen and oxygen atoms in total. The Morgan fingerprint density at radius 1 is 0.488 bits per heavy atom. The van der Waals surface area contributed by atoms with Crippen molar-refractivity contribution in [2.45, 2.75) is 19.3 Å². The number of carboxylic acids is 4. The molecule has 0 unspecified atom stereocenters. The average molecular weight is 557 g/mol. The Bertz CT molecular complexity index is 1530. The highest BCUT2D eigenvalue weighted by atomic mass is 16.5. The number of carboxylic acid groups (broad SMARTS) is 4. The van der Waals surface area contributed by atoms with Crippen LogP contribution < -0.4 is 9.47 Å². The molecule has 0 spiro atoms.